The monoisotopic (exact) mass is 297 g/mol. The van der Waals surface area contributed by atoms with E-state index in [9.17, 15) is 9.59 Å². The van der Waals surface area contributed by atoms with Crippen LogP contribution in [0.4, 0.5) is 0 Å². The SMILES string of the molecule is Cc1nc(CN2CCN(C(=O)CCC(=O)O)CC2)cs1. The maximum Gasteiger partial charge on any atom is 0.303 e. The molecule has 0 bridgehead atoms. The van der Waals surface area contributed by atoms with Crippen LogP contribution in [0.25, 0.3) is 0 Å². The van der Waals surface area contributed by atoms with Gasteiger partial charge in [-0.05, 0) is 6.92 Å². The molecule has 1 aromatic heterocycles. The Labute approximate surface area is 122 Å². The predicted octanol–water partition coefficient (Wildman–Crippen LogP) is 0.961. The van der Waals surface area contributed by atoms with E-state index in [1.807, 2.05) is 6.92 Å². The second-order valence-electron chi connectivity index (χ2n) is 4.91. The Balaban J connectivity index is 1.74. The van der Waals surface area contributed by atoms with Crippen molar-refractivity contribution in [2.24, 2.45) is 0 Å². The van der Waals surface area contributed by atoms with Crippen LogP contribution in [0.5, 0.6) is 0 Å². The van der Waals surface area contributed by atoms with Gasteiger partial charge in [0.25, 0.3) is 0 Å². The number of amides is 1. The standard InChI is InChI=1S/C13H19N3O3S/c1-10-14-11(9-20-10)8-15-4-6-16(7-5-15)12(17)2-3-13(18)19/h9H,2-8H2,1H3,(H,18,19). The molecular formula is C13H19N3O3S. The van der Waals surface area contributed by atoms with Crippen LogP contribution in [0.2, 0.25) is 0 Å². The Morgan fingerprint density at radius 1 is 1.30 bits per heavy atom. The van der Waals surface area contributed by atoms with E-state index in [1.165, 1.54) is 0 Å². The molecule has 1 amide bonds. The summed E-state index contributed by atoms with van der Waals surface area (Å²) >= 11 is 1.65. The first-order chi connectivity index (χ1) is 9.54. The molecule has 1 aliphatic rings. The molecule has 7 heteroatoms. The second kappa shape index (κ2) is 6.81. The normalized spacial score (nSPS) is 16.4. The summed E-state index contributed by atoms with van der Waals surface area (Å²) in [4.78, 5) is 30.7. The van der Waals surface area contributed by atoms with Gasteiger partial charge in [-0.1, -0.05) is 0 Å². The summed E-state index contributed by atoms with van der Waals surface area (Å²) in [5.41, 5.74) is 1.08. The fourth-order valence-electron chi connectivity index (χ4n) is 2.24. The summed E-state index contributed by atoms with van der Waals surface area (Å²) in [6.07, 6.45) is 0.0117. The maximum atomic E-state index is 11.8. The van der Waals surface area contributed by atoms with Crippen LogP contribution < -0.4 is 0 Å². The summed E-state index contributed by atoms with van der Waals surface area (Å²) in [7, 11) is 0. The molecule has 110 valence electrons. The van der Waals surface area contributed by atoms with Gasteiger partial charge in [-0.2, -0.15) is 0 Å². The molecule has 1 N–H and O–H groups in total. The average molecular weight is 297 g/mol. The van der Waals surface area contributed by atoms with Gasteiger partial charge in [-0.3, -0.25) is 14.5 Å². The third-order valence-electron chi connectivity index (χ3n) is 3.33. The number of carboxylic acid groups (broad SMARTS) is 1. The second-order valence-corrected chi connectivity index (χ2v) is 5.97. The Hall–Kier alpha value is -1.47. The first-order valence-electron chi connectivity index (χ1n) is 6.67. The smallest absolute Gasteiger partial charge is 0.303 e. The highest BCUT2D eigenvalue weighted by atomic mass is 32.1. The predicted molar refractivity (Wildman–Crippen MR) is 75.6 cm³/mol. The van der Waals surface area contributed by atoms with E-state index in [0.717, 1.165) is 30.3 Å². The van der Waals surface area contributed by atoms with E-state index >= 15 is 0 Å². The molecule has 1 fully saturated rings. The largest absolute Gasteiger partial charge is 0.481 e. The number of hydrogen-bond donors (Lipinski definition) is 1. The molecule has 0 aromatic carbocycles. The maximum absolute atomic E-state index is 11.8. The van der Waals surface area contributed by atoms with Crippen molar-refractivity contribution < 1.29 is 14.7 Å². The molecule has 0 spiro atoms. The molecule has 0 atom stereocenters. The third-order valence-corrected chi connectivity index (χ3v) is 4.15. The van der Waals surface area contributed by atoms with Crippen molar-refractivity contribution in [1.29, 1.82) is 0 Å². The van der Waals surface area contributed by atoms with Crippen molar-refractivity contribution in [2.45, 2.75) is 26.3 Å². The molecule has 0 radical (unpaired) electrons. The zero-order chi connectivity index (χ0) is 14.5. The van der Waals surface area contributed by atoms with E-state index in [2.05, 4.69) is 15.3 Å². The van der Waals surface area contributed by atoms with Gasteiger partial charge in [0, 0.05) is 44.5 Å². The number of aryl methyl sites for hydroxylation is 1. The summed E-state index contributed by atoms with van der Waals surface area (Å²) in [6.45, 7) is 5.78. The lowest BCUT2D eigenvalue weighted by Crippen LogP contribution is -2.48. The van der Waals surface area contributed by atoms with Crippen LogP contribution in [0.15, 0.2) is 5.38 Å². The molecule has 6 nitrogen and oxygen atoms in total. The van der Waals surface area contributed by atoms with E-state index in [1.54, 1.807) is 16.2 Å². The minimum Gasteiger partial charge on any atom is -0.481 e. The van der Waals surface area contributed by atoms with Crippen molar-refractivity contribution in [3.05, 3.63) is 16.1 Å². The van der Waals surface area contributed by atoms with Gasteiger partial charge >= 0.3 is 5.97 Å². The van der Waals surface area contributed by atoms with Crippen LogP contribution >= 0.6 is 11.3 Å². The lowest BCUT2D eigenvalue weighted by atomic mass is 10.2. The van der Waals surface area contributed by atoms with Gasteiger partial charge in [0.05, 0.1) is 17.1 Å². The molecule has 1 saturated heterocycles. The van der Waals surface area contributed by atoms with Crippen molar-refractivity contribution >= 4 is 23.2 Å². The molecule has 20 heavy (non-hydrogen) atoms. The zero-order valence-electron chi connectivity index (χ0n) is 11.5. The number of carboxylic acids is 1. The van der Waals surface area contributed by atoms with Gasteiger partial charge < -0.3 is 10.0 Å². The first-order valence-corrected chi connectivity index (χ1v) is 7.55. The van der Waals surface area contributed by atoms with Gasteiger partial charge in [0.2, 0.25) is 5.91 Å². The topological polar surface area (TPSA) is 73.7 Å². The number of piperazine rings is 1. The van der Waals surface area contributed by atoms with E-state index < -0.39 is 5.97 Å². The van der Waals surface area contributed by atoms with Gasteiger partial charge in [-0.15, -0.1) is 11.3 Å². The number of carbonyl (C=O) groups excluding carboxylic acids is 1. The number of thiazole rings is 1. The highest BCUT2D eigenvalue weighted by Gasteiger charge is 2.21. The van der Waals surface area contributed by atoms with E-state index in [4.69, 9.17) is 5.11 Å². The molecule has 2 heterocycles. The highest BCUT2D eigenvalue weighted by Crippen LogP contribution is 2.12. The molecule has 0 unspecified atom stereocenters. The van der Waals surface area contributed by atoms with Crippen LogP contribution in [0.1, 0.15) is 23.5 Å². The number of hydrogen-bond acceptors (Lipinski definition) is 5. The Morgan fingerprint density at radius 2 is 2.00 bits per heavy atom. The van der Waals surface area contributed by atoms with Crippen LogP contribution in [-0.4, -0.2) is 57.9 Å². The highest BCUT2D eigenvalue weighted by molar-refractivity contribution is 7.09. The molecular weight excluding hydrogens is 278 g/mol. The molecule has 2 rings (SSSR count). The number of nitrogens with zero attached hydrogens (tertiary/aromatic N) is 3. The lowest BCUT2D eigenvalue weighted by Gasteiger charge is -2.34. The molecule has 0 saturated carbocycles. The van der Waals surface area contributed by atoms with Crippen LogP contribution in [0, 0.1) is 6.92 Å². The van der Waals surface area contributed by atoms with E-state index in [-0.39, 0.29) is 18.7 Å². The van der Waals surface area contributed by atoms with Crippen molar-refractivity contribution in [1.82, 2.24) is 14.8 Å². The van der Waals surface area contributed by atoms with Crippen LogP contribution in [-0.2, 0) is 16.1 Å². The third kappa shape index (κ3) is 4.28. The number of rotatable bonds is 5. The van der Waals surface area contributed by atoms with Crippen LogP contribution in [0.3, 0.4) is 0 Å². The Morgan fingerprint density at radius 3 is 2.55 bits per heavy atom. The zero-order valence-corrected chi connectivity index (χ0v) is 12.4. The fourth-order valence-corrected chi connectivity index (χ4v) is 2.84. The molecule has 1 aliphatic heterocycles. The summed E-state index contributed by atoms with van der Waals surface area (Å²) in [5, 5.41) is 11.7. The van der Waals surface area contributed by atoms with Crippen molar-refractivity contribution in [3.63, 3.8) is 0 Å². The molecule has 0 aliphatic carbocycles. The van der Waals surface area contributed by atoms with Gasteiger partial charge in [0.1, 0.15) is 0 Å². The fraction of sp³-hybridized carbons (Fsp3) is 0.615. The van der Waals surface area contributed by atoms with Gasteiger partial charge in [0.15, 0.2) is 0 Å². The van der Waals surface area contributed by atoms with Crippen molar-refractivity contribution in [3.8, 4) is 0 Å². The quantitative estimate of drug-likeness (QED) is 0.876. The average Bonchev–Trinajstić information content (AvgIpc) is 2.82. The first kappa shape index (κ1) is 14.9. The van der Waals surface area contributed by atoms with E-state index in [0.29, 0.717) is 13.1 Å². The number of aromatic nitrogens is 1. The summed E-state index contributed by atoms with van der Waals surface area (Å²) in [5.74, 6) is -0.979. The number of aliphatic carboxylic acids is 1. The molecule has 1 aromatic rings. The lowest BCUT2D eigenvalue weighted by molar-refractivity contribution is -0.141. The minimum absolute atomic E-state index is 0.0587. The van der Waals surface area contributed by atoms with Crippen molar-refractivity contribution in [2.75, 3.05) is 26.2 Å². The van der Waals surface area contributed by atoms with Gasteiger partial charge in [-0.25, -0.2) is 4.98 Å². The number of carbonyl (C=O) groups is 2. The summed E-state index contributed by atoms with van der Waals surface area (Å²) in [6, 6.07) is 0. The minimum atomic E-state index is -0.920. The Kier molecular flexibility index (Phi) is 5.08. The Bertz CT molecular complexity index is 481. The summed E-state index contributed by atoms with van der Waals surface area (Å²) < 4.78 is 0.